The number of hydrogen-bond donors (Lipinski definition) is 2. The molecule has 0 radical (unpaired) electrons. The zero-order chi connectivity index (χ0) is 13.4. The van der Waals surface area contributed by atoms with Gasteiger partial charge in [-0.05, 0) is 17.5 Å². The van der Waals surface area contributed by atoms with Gasteiger partial charge in [-0.2, -0.15) is 0 Å². The lowest BCUT2D eigenvalue weighted by molar-refractivity contribution is -0.122. The van der Waals surface area contributed by atoms with E-state index in [1.807, 2.05) is 18.2 Å². The third-order valence-electron chi connectivity index (χ3n) is 3.03. The molecule has 1 aromatic rings. The monoisotopic (exact) mass is 248 g/mol. The van der Waals surface area contributed by atoms with E-state index in [2.05, 4.69) is 43.5 Å². The van der Waals surface area contributed by atoms with Gasteiger partial charge in [-0.1, -0.05) is 51.1 Å². The highest BCUT2D eigenvalue weighted by atomic mass is 16.1. The Bertz CT molecular complexity index is 360. The minimum atomic E-state index is -0.121. The number of carbonyl (C=O) groups is 1. The van der Waals surface area contributed by atoms with E-state index >= 15 is 0 Å². The van der Waals surface area contributed by atoms with Crippen molar-refractivity contribution in [1.29, 1.82) is 0 Å². The van der Waals surface area contributed by atoms with Gasteiger partial charge in [0.2, 0.25) is 5.91 Å². The predicted molar refractivity (Wildman–Crippen MR) is 75.6 cm³/mol. The van der Waals surface area contributed by atoms with Crippen molar-refractivity contribution in [1.82, 2.24) is 10.6 Å². The van der Waals surface area contributed by atoms with E-state index in [0.29, 0.717) is 13.0 Å². The Kier molecular flexibility index (Phi) is 5.86. The lowest BCUT2D eigenvalue weighted by atomic mass is 9.81. The molecule has 0 bridgehead atoms. The second kappa shape index (κ2) is 7.17. The van der Waals surface area contributed by atoms with E-state index in [4.69, 9.17) is 0 Å². The second-order valence-corrected chi connectivity index (χ2v) is 5.13. The molecule has 3 nitrogen and oxygen atoms in total. The molecule has 18 heavy (non-hydrogen) atoms. The van der Waals surface area contributed by atoms with Crippen LogP contribution in [0.4, 0.5) is 0 Å². The molecule has 0 atom stereocenters. The Morgan fingerprint density at radius 1 is 1.17 bits per heavy atom. The average Bonchev–Trinajstić information content (AvgIpc) is 2.35. The molecule has 0 saturated heterocycles. The molecule has 0 aromatic heterocycles. The third-order valence-corrected chi connectivity index (χ3v) is 3.03. The number of carbonyl (C=O) groups excluding carboxylic acids is 1. The fourth-order valence-corrected chi connectivity index (χ4v) is 1.92. The van der Waals surface area contributed by atoms with Gasteiger partial charge in [0, 0.05) is 19.5 Å². The smallest absolute Gasteiger partial charge is 0.220 e. The van der Waals surface area contributed by atoms with E-state index in [1.54, 1.807) is 0 Å². The van der Waals surface area contributed by atoms with Crippen LogP contribution in [0.2, 0.25) is 0 Å². The highest BCUT2D eigenvalue weighted by Gasteiger charge is 2.23. The molecule has 0 aliphatic carbocycles. The van der Waals surface area contributed by atoms with Crippen LogP contribution in [0.3, 0.4) is 0 Å². The summed E-state index contributed by atoms with van der Waals surface area (Å²) in [6.45, 7) is 8.72. The zero-order valence-electron chi connectivity index (χ0n) is 11.6. The maximum atomic E-state index is 11.9. The van der Waals surface area contributed by atoms with Crippen molar-refractivity contribution in [2.45, 2.75) is 32.6 Å². The maximum absolute atomic E-state index is 11.9. The van der Waals surface area contributed by atoms with Crippen molar-refractivity contribution in [2.24, 2.45) is 0 Å². The minimum Gasteiger partial charge on any atom is -0.355 e. The highest BCUT2D eigenvalue weighted by molar-refractivity contribution is 5.77. The van der Waals surface area contributed by atoms with E-state index < -0.39 is 0 Å². The molecule has 3 heteroatoms. The summed E-state index contributed by atoms with van der Waals surface area (Å²) in [5.41, 5.74) is 1.08. The molecule has 1 aromatic carbocycles. The normalized spacial score (nSPS) is 11.3. The summed E-state index contributed by atoms with van der Waals surface area (Å²) < 4.78 is 0. The highest BCUT2D eigenvalue weighted by Crippen LogP contribution is 2.26. The molecular formula is C15H24N2O. The summed E-state index contributed by atoms with van der Waals surface area (Å²) >= 11 is 0. The molecule has 1 amide bonds. The summed E-state index contributed by atoms with van der Waals surface area (Å²) in [5.74, 6) is 0.113. The summed E-state index contributed by atoms with van der Waals surface area (Å²) in [6, 6.07) is 10.2. The molecule has 0 fully saturated rings. The minimum absolute atomic E-state index is 0.113. The van der Waals surface area contributed by atoms with Gasteiger partial charge in [0.1, 0.15) is 0 Å². The lowest BCUT2D eigenvalue weighted by Gasteiger charge is -2.24. The standard InChI is InChI=1S/C15H24N2O/c1-4-16-10-11-17-14(18)12-15(2,3)13-8-6-5-7-9-13/h5-9,16H,4,10-12H2,1-3H3,(H,17,18). The number of amides is 1. The van der Waals surface area contributed by atoms with Crippen LogP contribution in [-0.2, 0) is 10.2 Å². The van der Waals surface area contributed by atoms with E-state index in [9.17, 15) is 4.79 Å². The molecule has 100 valence electrons. The Morgan fingerprint density at radius 3 is 2.44 bits per heavy atom. The van der Waals surface area contributed by atoms with Crippen LogP contribution in [0.15, 0.2) is 30.3 Å². The first-order chi connectivity index (χ1) is 8.56. The van der Waals surface area contributed by atoms with E-state index in [-0.39, 0.29) is 11.3 Å². The Balaban J connectivity index is 2.43. The van der Waals surface area contributed by atoms with E-state index in [0.717, 1.165) is 13.1 Å². The first kappa shape index (κ1) is 14.7. The SMILES string of the molecule is CCNCCNC(=O)CC(C)(C)c1ccccc1. The summed E-state index contributed by atoms with van der Waals surface area (Å²) in [6.07, 6.45) is 0.517. The molecule has 0 heterocycles. The van der Waals surface area contributed by atoms with Crippen LogP contribution < -0.4 is 10.6 Å². The second-order valence-electron chi connectivity index (χ2n) is 5.13. The molecule has 0 saturated carbocycles. The van der Waals surface area contributed by atoms with Crippen LogP contribution >= 0.6 is 0 Å². The third kappa shape index (κ3) is 4.88. The maximum Gasteiger partial charge on any atom is 0.220 e. The summed E-state index contributed by atoms with van der Waals surface area (Å²) in [5, 5.41) is 6.13. The molecule has 0 unspecified atom stereocenters. The van der Waals surface area contributed by atoms with Gasteiger partial charge in [0.25, 0.3) is 0 Å². The Morgan fingerprint density at radius 2 is 1.83 bits per heavy atom. The van der Waals surface area contributed by atoms with Crippen molar-refractivity contribution in [2.75, 3.05) is 19.6 Å². The molecular weight excluding hydrogens is 224 g/mol. The fourth-order valence-electron chi connectivity index (χ4n) is 1.92. The number of nitrogens with one attached hydrogen (secondary N) is 2. The van der Waals surface area contributed by atoms with Crippen molar-refractivity contribution in [3.8, 4) is 0 Å². The van der Waals surface area contributed by atoms with Crippen molar-refractivity contribution in [3.63, 3.8) is 0 Å². The average molecular weight is 248 g/mol. The fraction of sp³-hybridized carbons (Fsp3) is 0.533. The molecule has 2 N–H and O–H groups in total. The molecule has 1 rings (SSSR count). The largest absolute Gasteiger partial charge is 0.355 e. The van der Waals surface area contributed by atoms with Gasteiger partial charge in [-0.15, -0.1) is 0 Å². The van der Waals surface area contributed by atoms with Crippen LogP contribution in [0.1, 0.15) is 32.8 Å². The topological polar surface area (TPSA) is 41.1 Å². The van der Waals surface area contributed by atoms with Gasteiger partial charge in [-0.3, -0.25) is 4.79 Å². The van der Waals surface area contributed by atoms with Gasteiger partial charge in [-0.25, -0.2) is 0 Å². The van der Waals surface area contributed by atoms with Gasteiger partial charge >= 0.3 is 0 Å². The Labute approximate surface area is 110 Å². The number of benzene rings is 1. The molecule has 0 spiro atoms. The van der Waals surface area contributed by atoms with Crippen LogP contribution in [0.5, 0.6) is 0 Å². The van der Waals surface area contributed by atoms with Crippen LogP contribution in [-0.4, -0.2) is 25.5 Å². The van der Waals surface area contributed by atoms with E-state index in [1.165, 1.54) is 5.56 Å². The first-order valence-electron chi connectivity index (χ1n) is 6.59. The van der Waals surface area contributed by atoms with Crippen LogP contribution in [0.25, 0.3) is 0 Å². The van der Waals surface area contributed by atoms with Crippen molar-refractivity contribution < 1.29 is 4.79 Å². The quantitative estimate of drug-likeness (QED) is 0.725. The van der Waals surface area contributed by atoms with Gasteiger partial charge in [0.15, 0.2) is 0 Å². The zero-order valence-corrected chi connectivity index (χ0v) is 11.6. The predicted octanol–water partition coefficient (Wildman–Crippen LogP) is 2.08. The Hall–Kier alpha value is -1.35. The lowest BCUT2D eigenvalue weighted by Crippen LogP contribution is -2.35. The molecule has 0 aliphatic rings. The first-order valence-corrected chi connectivity index (χ1v) is 6.59. The van der Waals surface area contributed by atoms with Crippen LogP contribution in [0, 0.1) is 0 Å². The number of likely N-dealkylation sites (N-methyl/N-ethyl adjacent to an activating group) is 1. The van der Waals surface area contributed by atoms with Gasteiger partial charge < -0.3 is 10.6 Å². The number of rotatable bonds is 7. The van der Waals surface area contributed by atoms with Crippen molar-refractivity contribution in [3.05, 3.63) is 35.9 Å². The number of hydrogen-bond acceptors (Lipinski definition) is 2. The summed E-state index contributed by atoms with van der Waals surface area (Å²) in [7, 11) is 0. The molecule has 0 aliphatic heterocycles. The van der Waals surface area contributed by atoms with Crippen molar-refractivity contribution >= 4 is 5.91 Å². The summed E-state index contributed by atoms with van der Waals surface area (Å²) in [4.78, 5) is 11.9. The van der Waals surface area contributed by atoms with Gasteiger partial charge in [0.05, 0.1) is 0 Å².